The van der Waals surface area contributed by atoms with Crippen molar-refractivity contribution in [1.29, 1.82) is 0 Å². The van der Waals surface area contributed by atoms with Crippen LogP contribution in [0.15, 0.2) is 16.6 Å². The molecule has 0 radical (unpaired) electrons. The first kappa shape index (κ1) is 17.1. The zero-order chi connectivity index (χ0) is 15.6. The monoisotopic (exact) mass is 374 g/mol. The van der Waals surface area contributed by atoms with E-state index >= 15 is 0 Å². The highest BCUT2D eigenvalue weighted by atomic mass is 79.9. The van der Waals surface area contributed by atoms with Crippen LogP contribution in [0.25, 0.3) is 0 Å². The van der Waals surface area contributed by atoms with Gasteiger partial charge in [0.25, 0.3) is 0 Å². The SMILES string of the molecule is Cc1cc(Br)cc(N)c1NS(=O)(=O)CCCC(F)(F)F. The van der Waals surface area contributed by atoms with Crippen molar-refractivity contribution in [2.75, 3.05) is 16.2 Å². The van der Waals surface area contributed by atoms with Gasteiger partial charge < -0.3 is 5.73 Å². The normalized spacial score (nSPS) is 12.4. The van der Waals surface area contributed by atoms with Crippen molar-refractivity contribution in [2.24, 2.45) is 0 Å². The Hall–Kier alpha value is -0.960. The van der Waals surface area contributed by atoms with Crippen LogP contribution in [-0.2, 0) is 10.0 Å². The van der Waals surface area contributed by atoms with Crippen molar-refractivity contribution in [3.63, 3.8) is 0 Å². The fourth-order valence-electron chi connectivity index (χ4n) is 1.58. The highest BCUT2D eigenvalue weighted by molar-refractivity contribution is 9.10. The van der Waals surface area contributed by atoms with E-state index < -0.39 is 34.8 Å². The number of alkyl halides is 3. The van der Waals surface area contributed by atoms with E-state index in [1.165, 1.54) is 6.07 Å². The first-order valence-electron chi connectivity index (χ1n) is 5.63. The number of rotatable bonds is 5. The molecule has 0 saturated carbocycles. The average Bonchev–Trinajstić information content (AvgIpc) is 2.21. The van der Waals surface area contributed by atoms with Crippen molar-refractivity contribution in [2.45, 2.75) is 25.9 Å². The van der Waals surface area contributed by atoms with Crippen LogP contribution in [0.5, 0.6) is 0 Å². The van der Waals surface area contributed by atoms with Gasteiger partial charge in [0.05, 0.1) is 17.1 Å². The molecule has 4 nitrogen and oxygen atoms in total. The Bertz CT molecular complexity index is 565. The molecule has 1 aromatic carbocycles. The molecular weight excluding hydrogens is 361 g/mol. The Morgan fingerprint density at radius 1 is 1.35 bits per heavy atom. The largest absolute Gasteiger partial charge is 0.397 e. The molecule has 0 spiro atoms. The fraction of sp³-hybridized carbons (Fsp3) is 0.455. The minimum atomic E-state index is -4.36. The Morgan fingerprint density at radius 3 is 2.45 bits per heavy atom. The van der Waals surface area contributed by atoms with Crippen molar-refractivity contribution in [1.82, 2.24) is 0 Å². The number of nitrogens with one attached hydrogen (secondary N) is 1. The van der Waals surface area contributed by atoms with Crippen molar-refractivity contribution in [3.8, 4) is 0 Å². The van der Waals surface area contributed by atoms with Crippen molar-refractivity contribution in [3.05, 3.63) is 22.2 Å². The van der Waals surface area contributed by atoms with Gasteiger partial charge in [-0.15, -0.1) is 0 Å². The number of nitrogen functional groups attached to an aromatic ring is 1. The third kappa shape index (κ3) is 5.58. The second-order valence-corrected chi connectivity index (χ2v) is 7.08. The molecular formula is C11H14BrF3N2O2S. The fourth-order valence-corrected chi connectivity index (χ4v) is 3.38. The maximum Gasteiger partial charge on any atom is 0.389 e. The topological polar surface area (TPSA) is 72.2 Å². The maximum atomic E-state index is 12.0. The lowest BCUT2D eigenvalue weighted by molar-refractivity contribution is -0.134. The molecule has 114 valence electrons. The van der Waals surface area contributed by atoms with Gasteiger partial charge in [-0.1, -0.05) is 15.9 Å². The third-order valence-electron chi connectivity index (χ3n) is 2.46. The van der Waals surface area contributed by atoms with Gasteiger partial charge in [0.1, 0.15) is 0 Å². The molecule has 1 aromatic rings. The van der Waals surface area contributed by atoms with Crippen molar-refractivity contribution < 1.29 is 21.6 Å². The summed E-state index contributed by atoms with van der Waals surface area (Å²) in [6, 6.07) is 3.17. The van der Waals surface area contributed by atoms with Gasteiger partial charge in [0.15, 0.2) is 0 Å². The molecule has 0 atom stereocenters. The number of benzene rings is 1. The summed E-state index contributed by atoms with van der Waals surface area (Å²) in [5.41, 5.74) is 6.67. The van der Waals surface area contributed by atoms with Crippen LogP contribution in [0, 0.1) is 6.92 Å². The molecule has 9 heteroatoms. The predicted octanol–water partition coefficient (Wildman–Crippen LogP) is 3.42. The Labute approximate surface area is 123 Å². The highest BCUT2D eigenvalue weighted by Crippen LogP contribution is 2.29. The Kier molecular flexibility index (Phi) is 5.31. The molecule has 0 aliphatic heterocycles. The van der Waals surface area contributed by atoms with Gasteiger partial charge in [-0.3, -0.25) is 4.72 Å². The van der Waals surface area contributed by atoms with Gasteiger partial charge in [-0.05, 0) is 31.0 Å². The lowest BCUT2D eigenvalue weighted by Crippen LogP contribution is -2.20. The van der Waals surface area contributed by atoms with Crippen LogP contribution < -0.4 is 10.5 Å². The molecule has 0 aliphatic rings. The molecule has 0 aromatic heterocycles. The van der Waals surface area contributed by atoms with E-state index in [4.69, 9.17) is 5.73 Å². The summed E-state index contributed by atoms with van der Waals surface area (Å²) in [5, 5.41) is 0. The minimum absolute atomic E-state index is 0.195. The first-order valence-corrected chi connectivity index (χ1v) is 8.07. The van der Waals surface area contributed by atoms with E-state index in [0.717, 1.165) is 0 Å². The third-order valence-corrected chi connectivity index (χ3v) is 4.26. The summed E-state index contributed by atoms with van der Waals surface area (Å²) in [7, 11) is -3.86. The van der Waals surface area contributed by atoms with Gasteiger partial charge in [0.2, 0.25) is 10.0 Å². The molecule has 0 aliphatic carbocycles. The molecule has 0 bridgehead atoms. The summed E-state index contributed by atoms with van der Waals surface area (Å²) in [4.78, 5) is 0. The number of hydrogen-bond donors (Lipinski definition) is 2. The van der Waals surface area contributed by atoms with Crippen LogP contribution in [0.2, 0.25) is 0 Å². The van der Waals surface area contributed by atoms with Crippen LogP contribution in [-0.4, -0.2) is 20.3 Å². The van der Waals surface area contributed by atoms with Crippen LogP contribution in [0.1, 0.15) is 18.4 Å². The smallest absolute Gasteiger partial charge is 0.389 e. The standard InChI is InChI=1S/C11H14BrF3N2O2S/c1-7-5-8(12)6-9(16)10(7)17-20(18,19)4-2-3-11(13,14)15/h5-6,17H,2-4,16H2,1H3. The van der Waals surface area contributed by atoms with Crippen LogP contribution >= 0.6 is 15.9 Å². The first-order chi connectivity index (χ1) is 9.00. The van der Waals surface area contributed by atoms with E-state index in [1.807, 2.05) is 0 Å². The van der Waals surface area contributed by atoms with E-state index in [2.05, 4.69) is 20.7 Å². The lowest BCUT2D eigenvalue weighted by Gasteiger charge is -2.14. The minimum Gasteiger partial charge on any atom is -0.397 e. The van der Waals surface area contributed by atoms with Gasteiger partial charge in [-0.2, -0.15) is 13.2 Å². The Balaban J connectivity index is 2.77. The van der Waals surface area contributed by atoms with Gasteiger partial charge in [0, 0.05) is 10.9 Å². The summed E-state index contributed by atoms with van der Waals surface area (Å²) in [6.07, 6.45) is -5.99. The number of halogens is 4. The Morgan fingerprint density at radius 2 is 1.95 bits per heavy atom. The molecule has 3 N–H and O–H groups in total. The van der Waals surface area contributed by atoms with E-state index in [1.54, 1.807) is 13.0 Å². The van der Waals surface area contributed by atoms with Gasteiger partial charge >= 0.3 is 6.18 Å². The second-order valence-electron chi connectivity index (χ2n) is 4.33. The van der Waals surface area contributed by atoms with E-state index in [0.29, 0.717) is 10.0 Å². The summed E-state index contributed by atoms with van der Waals surface area (Å²) >= 11 is 3.21. The zero-order valence-corrected chi connectivity index (χ0v) is 13.0. The summed E-state index contributed by atoms with van der Waals surface area (Å²) < 4.78 is 62.3. The molecule has 0 saturated heterocycles. The van der Waals surface area contributed by atoms with E-state index in [9.17, 15) is 21.6 Å². The molecule has 0 amide bonds. The van der Waals surface area contributed by atoms with Gasteiger partial charge in [-0.25, -0.2) is 8.42 Å². The molecule has 0 heterocycles. The summed E-state index contributed by atoms with van der Waals surface area (Å²) in [6.45, 7) is 1.65. The number of sulfonamides is 1. The lowest BCUT2D eigenvalue weighted by atomic mass is 10.2. The predicted molar refractivity (Wildman–Crippen MR) is 76.0 cm³/mol. The number of nitrogens with two attached hydrogens (primary N) is 1. The number of hydrogen-bond acceptors (Lipinski definition) is 3. The van der Waals surface area contributed by atoms with E-state index in [-0.39, 0.29) is 11.4 Å². The average molecular weight is 375 g/mol. The zero-order valence-electron chi connectivity index (χ0n) is 10.6. The molecule has 20 heavy (non-hydrogen) atoms. The highest BCUT2D eigenvalue weighted by Gasteiger charge is 2.27. The van der Waals surface area contributed by atoms with Crippen molar-refractivity contribution >= 4 is 37.3 Å². The second kappa shape index (κ2) is 6.21. The number of aryl methyl sites for hydroxylation is 1. The molecule has 0 unspecified atom stereocenters. The van der Waals surface area contributed by atoms with Crippen LogP contribution in [0.3, 0.4) is 0 Å². The van der Waals surface area contributed by atoms with Crippen LogP contribution in [0.4, 0.5) is 24.5 Å². The quantitative estimate of drug-likeness (QED) is 0.775. The maximum absolute atomic E-state index is 12.0. The number of anilines is 2. The molecule has 1 rings (SSSR count). The molecule has 0 fully saturated rings. The summed E-state index contributed by atoms with van der Waals surface area (Å²) in [5.74, 6) is -0.610.